The molecule has 0 spiro atoms. The molecular formula is C19H14N2O6. The summed E-state index contributed by atoms with van der Waals surface area (Å²) in [6.45, 7) is 1.80. The van der Waals surface area contributed by atoms with E-state index >= 15 is 0 Å². The van der Waals surface area contributed by atoms with Crippen molar-refractivity contribution in [1.82, 2.24) is 0 Å². The molecule has 2 aromatic rings. The number of nitriles is 1. The summed E-state index contributed by atoms with van der Waals surface area (Å²) in [7, 11) is 0. The van der Waals surface area contributed by atoms with Crippen LogP contribution in [0.5, 0.6) is 5.75 Å². The van der Waals surface area contributed by atoms with Crippen LogP contribution in [0.3, 0.4) is 0 Å². The molecule has 0 aliphatic carbocycles. The van der Waals surface area contributed by atoms with Gasteiger partial charge in [-0.05, 0) is 42.8 Å². The second-order valence-electron chi connectivity index (χ2n) is 5.15. The minimum Gasteiger partial charge on any atom is -0.462 e. The number of carbonyl (C=O) groups is 2. The van der Waals surface area contributed by atoms with Crippen molar-refractivity contribution >= 4 is 23.7 Å². The molecule has 0 fully saturated rings. The first-order valence-corrected chi connectivity index (χ1v) is 7.80. The molecule has 0 bridgehead atoms. The zero-order valence-electron chi connectivity index (χ0n) is 14.2. The molecular weight excluding hydrogens is 352 g/mol. The number of rotatable bonds is 6. The van der Waals surface area contributed by atoms with Crippen LogP contribution in [-0.4, -0.2) is 23.5 Å². The third kappa shape index (κ3) is 5.24. The highest BCUT2D eigenvalue weighted by molar-refractivity contribution is 5.98. The highest BCUT2D eigenvalue weighted by Crippen LogP contribution is 2.18. The van der Waals surface area contributed by atoms with Crippen molar-refractivity contribution in [2.45, 2.75) is 6.92 Å². The molecule has 8 nitrogen and oxygen atoms in total. The molecule has 8 heteroatoms. The van der Waals surface area contributed by atoms with Gasteiger partial charge < -0.3 is 9.47 Å². The van der Waals surface area contributed by atoms with Gasteiger partial charge in [0, 0.05) is 12.1 Å². The van der Waals surface area contributed by atoms with Crippen LogP contribution in [-0.2, 0) is 9.53 Å². The normalized spacial score (nSPS) is 10.6. The second kappa shape index (κ2) is 8.92. The first-order chi connectivity index (χ1) is 12.9. The van der Waals surface area contributed by atoms with Crippen molar-refractivity contribution in [2.75, 3.05) is 6.61 Å². The lowest BCUT2D eigenvalue weighted by atomic mass is 10.1. The fourth-order valence-corrected chi connectivity index (χ4v) is 2.03. The maximum absolute atomic E-state index is 12.1. The predicted octanol–water partition coefficient (Wildman–Crippen LogP) is 3.28. The molecule has 136 valence electrons. The number of benzene rings is 2. The van der Waals surface area contributed by atoms with E-state index in [1.54, 1.807) is 25.1 Å². The number of nitro groups is 1. The van der Waals surface area contributed by atoms with Gasteiger partial charge >= 0.3 is 11.9 Å². The lowest BCUT2D eigenvalue weighted by molar-refractivity contribution is -0.384. The van der Waals surface area contributed by atoms with Crippen LogP contribution >= 0.6 is 0 Å². The van der Waals surface area contributed by atoms with E-state index < -0.39 is 16.9 Å². The maximum Gasteiger partial charge on any atom is 0.348 e. The average Bonchev–Trinajstić information content (AvgIpc) is 2.67. The van der Waals surface area contributed by atoms with Gasteiger partial charge in [-0.25, -0.2) is 9.59 Å². The van der Waals surface area contributed by atoms with E-state index in [9.17, 15) is 19.7 Å². The van der Waals surface area contributed by atoms with Gasteiger partial charge in [0.15, 0.2) is 0 Å². The molecule has 0 aliphatic rings. The SMILES string of the molecule is CCOC(=O)C(C#N)=Cc1ccc(OC(=O)c2ccc([N+](=O)[O-])cc2)cc1. The molecule has 0 aliphatic heterocycles. The highest BCUT2D eigenvalue weighted by atomic mass is 16.6. The van der Waals surface area contributed by atoms with Crippen LogP contribution in [0, 0.1) is 21.4 Å². The van der Waals surface area contributed by atoms with Crippen LogP contribution in [0.2, 0.25) is 0 Å². The molecule has 0 saturated heterocycles. The molecule has 27 heavy (non-hydrogen) atoms. The Labute approximate surface area is 154 Å². The number of hydrogen-bond acceptors (Lipinski definition) is 7. The van der Waals surface area contributed by atoms with Gasteiger partial charge in [-0.1, -0.05) is 12.1 Å². The Bertz CT molecular complexity index is 924. The molecule has 2 rings (SSSR count). The summed E-state index contributed by atoms with van der Waals surface area (Å²) in [5.41, 5.74) is 0.443. The second-order valence-corrected chi connectivity index (χ2v) is 5.15. The lowest BCUT2D eigenvalue weighted by Crippen LogP contribution is -2.08. The van der Waals surface area contributed by atoms with Crippen molar-refractivity contribution in [3.63, 3.8) is 0 Å². The standard InChI is InChI=1S/C19H14N2O6/c1-2-26-18(22)15(12-20)11-13-3-9-17(10-4-13)27-19(23)14-5-7-16(8-6-14)21(24)25/h3-11H,2H2,1H3. The fraction of sp³-hybridized carbons (Fsp3) is 0.105. The molecule has 0 saturated carbocycles. The summed E-state index contributed by atoms with van der Waals surface area (Å²) in [6, 6.07) is 12.9. The van der Waals surface area contributed by atoms with E-state index in [1.807, 2.05) is 0 Å². The number of carbonyl (C=O) groups excluding carboxylic acids is 2. The summed E-state index contributed by atoms with van der Waals surface area (Å²) in [5, 5.41) is 19.6. The van der Waals surface area contributed by atoms with Crippen molar-refractivity contribution < 1.29 is 24.0 Å². The van der Waals surface area contributed by atoms with Crippen LogP contribution in [0.15, 0.2) is 54.1 Å². The molecule has 0 unspecified atom stereocenters. The number of non-ortho nitro benzene ring substituents is 1. The average molecular weight is 366 g/mol. The van der Waals surface area contributed by atoms with Crippen LogP contribution in [0.1, 0.15) is 22.8 Å². The maximum atomic E-state index is 12.1. The minimum absolute atomic E-state index is 0.127. The molecule has 0 radical (unpaired) electrons. The van der Waals surface area contributed by atoms with Crippen molar-refractivity contribution in [2.24, 2.45) is 0 Å². The van der Waals surface area contributed by atoms with E-state index in [0.717, 1.165) is 0 Å². The monoisotopic (exact) mass is 366 g/mol. The zero-order valence-corrected chi connectivity index (χ0v) is 14.2. The summed E-state index contributed by atoms with van der Waals surface area (Å²) < 4.78 is 9.96. The van der Waals surface area contributed by atoms with Gasteiger partial charge in [-0.3, -0.25) is 10.1 Å². The fourth-order valence-electron chi connectivity index (χ4n) is 2.03. The summed E-state index contributed by atoms with van der Waals surface area (Å²) in [4.78, 5) is 33.7. The minimum atomic E-state index is -0.714. The van der Waals surface area contributed by atoms with Crippen molar-refractivity contribution in [3.05, 3.63) is 75.3 Å². The Kier molecular flexibility index (Phi) is 6.39. The molecule has 0 aromatic heterocycles. The third-order valence-corrected chi connectivity index (χ3v) is 3.33. The highest BCUT2D eigenvalue weighted by Gasteiger charge is 2.12. The van der Waals surface area contributed by atoms with Gasteiger partial charge in [0.1, 0.15) is 17.4 Å². The van der Waals surface area contributed by atoms with Crippen LogP contribution < -0.4 is 4.74 Å². The quantitative estimate of drug-likeness (QED) is 0.192. The molecule has 0 N–H and O–H groups in total. The van der Waals surface area contributed by atoms with E-state index in [2.05, 4.69) is 0 Å². The van der Waals surface area contributed by atoms with E-state index in [0.29, 0.717) is 5.56 Å². The number of nitrogens with zero attached hydrogens (tertiary/aromatic N) is 2. The third-order valence-electron chi connectivity index (χ3n) is 3.33. The molecule has 0 amide bonds. The largest absolute Gasteiger partial charge is 0.462 e. The van der Waals surface area contributed by atoms with Crippen LogP contribution in [0.25, 0.3) is 6.08 Å². The predicted molar refractivity (Wildman–Crippen MR) is 94.7 cm³/mol. The van der Waals surface area contributed by atoms with E-state index in [-0.39, 0.29) is 29.2 Å². The Morgan fingerprint density at radius 3 is 2.30 bits per heavy atom. The van der Waals surface area contributed by atoms with Crippen LogP contribution in [0.4, 0.5) is 5.69 Å². The Balaban J connectivity index is 2.09. The smallest absolute Gasteiger partial charge is 0.348 e. The molecule has 0 atom stereocenters. The summed E-state index contributed by atoms with van der Waals surface area (Å²) >= 11 is 0. The topological polar surface area (TPSA) is 120 Å². The number of nitro benzene ring substituents is 1. The number of esters is 2. The van der Waals surface area contributed by atoms with E-state index in [4.69, 9.17) is 14.7 Å². The van der Waals surface area contributed by atoms with Gasteiger partial charge in [-0.15, -0.1) is 0 Å². The zero-order chi connectivity index (χ0) is 19.8. The first-order valence-electron chi connectivity index (χ1n) is 7.80. The summed E-state index contributed by atoms with van der Waals surface area (Å²) in [5.74, 6) is -1.14. The lowest BCUT2D eigenvalue weighted by Gasteiger charge is -2.05. The summed E-state index contributed by atoms with van der Waals surface area (Å²) in [6.07, 6.45) is 1.36. The van der Waals surface area contributed by atoms with Crippen molar-refractivity contribution in [3.8, 4) is 11.8 Å². The Morgan fingerprint density at radius 2 is 1.78 bits per heavy atom. The van der Waals surface area contributed by atoms with Crippen molar-refractivity contribution in [1.29, 1.82) is 5.26 Å². The first kappa shape index (κ1) is 19.3. The number of hydrogen-bond donors (Lipinski definition) is 0. The van der Waals surface area contributed by atoms with Gasteiger partial charge in [0.25, 0.3) is 5.69 Å². The van der Waals surface area contributed by atoms with Gasteiger partial charge in [0.2, 0.25) is 0 Å². The Morgan fingerprint density at radius 1 is 1.15 bits per heavy atom. The Hall–Kier alpha value is -3.99. The van der Waals surface area contributed by atoms with E-state index in [1.165, 1.54) is 42.5 Å². The molecule has 0 heterocycles. The molecule has 2 aromatic carbocycles. The van der Waals surface area contributed by atoms with Gasteiger partial charge in [-0.2, -0.15) is 5.26 Å². The number of ether oxygens (including phenoxy) is 2. The van der Waals surface area contributed by atoms with Gasteiger partial charge in [0.05, 0.1) is 17.1 Å².